The minimum atomic E-state index is -4.67. The van der Waals surface area contributed by atoms with E-state index >= 15 is 0 Å². The number of hydrogen-bond acceptors (Lipinski definition) is 8. The smallest absolute Gasteiger partial charge is 0.0134 e. The molecule has 1 aromatic heterocycles. The normalized spacial score (nSPS) is 13.7. The minimum absolute atomic E-state index is 0. The van der Waals surface area contributed by atoms with Crippen molar-refractivity contribution in [2.24, 2.45) is 10.2 Å². The third kappa shape index (κ3) is 25.2. The third-order valence-electron chi connectivity index (χ3n) is 25.2. The first kappa shape index (κ1) is 101. The molecule has 1 radical (unpaired) electrons. The summed E-state index contributed by atoms with van der Waals surface area (Å²) in [4.78, 5) is 19.2. The number of para-hydroxylation sites is 1. The van der Waals surface area contributed by atoms with Gasteiger partial charge in [-0.2, -0.15) is 8.42 Å². The molecule has 0 amide bonds. The topological polar surface area (TPSA) is 198 Å². The predicted molar refractivity (Wildman–Crippen MR) is 612 cm³/mol. The van der Waals surface area contributed by atoms with E-state index in [0.29, 0.717) is 5.92 Å². The maximum absolute atomic E-state index is 11.1. The summed E-state index contributed by atoms with van der Waals surface area (Å²) < 4.78 is 53.7. The molecule has 2 atom stereocenters. The van der Waals surface area contributed by atoms with Gasteiger partial charge in [0.15, 0.2) is 0 Å². The van der Waals surface area contributed by atoms with Crippen molar-refractivity contribution in [2.45, 2.75) is 77.6 Å². The molecule has 7 aliphatic carbocycles. The number of halogens is 6. The molecule has 0 aliphatic heterocycles. The van der Waals surface area contributed by atoms with Gasteiger partial charge in [0.05, 0.1) is 21.5 Å². The molecule has 0 bridgehead atoms. The van der Waals surface area contributed by atoms with Crippen molar-refractivity contribution >= 4 is 217 Å². The van der Waals surface area contributed by atoms with E-state index < -0.39 is 23.4 Å². The number of fused-ring (bicyclic) bond motifs is 9. The Morgan fingerprint density at radius 3 is 1.33 bits per heavy atom. The molecule has 140 heavy (non-hydrogen) atoms. The van der Waals surface area contributed by atoms with Gasteiger partial charge in [-0.15, -0.1) is 10.1 Å². The number of hydrogen-bond donors (Lipinski definition) is 4. The Bertz CT molecular complexity index is 7740. The fraction of sp³-hybridized carbons (Fsp3) is 0.111. The van der Waals surface area contributed by atoms with Gasteiger partial charge in [-0.1, -0.05) is 396 Å². The molecule has 3 N–H and O–H groups in total. The van der Waals surface area contributed by atoms with Crippen LogP contribution in [0, 0.1) is 29.7 Å². The molecular weight excluding hydrogens is 2240 g/mol. The van der Waals surface area contributed by atoms with Gasteiger partial charge in [-0.3, -0.25) is 19.2 Å². The molecule has 2 unspecified atom stereocenters. The molecule has 18 aromatic carbocycles. The largest absolute Gasteiger partial charge is 0.0622 e. The summed E-state index contributed by atoms with van der Waals surface area (Å²) in [5.74, 6) is 1.45. The number of nitro groups is 1. The summed E-state index contributed by atoms with van der Waals surface area (Å²) in [7, 11) is -0.776. The zero-order valence-electron chi connectivity index (χ0n) is 77.0. The molecular formula is C117H97BBr5IN4O9PS2. The number of nitro benzene ring substituents is 1. The fourth-order valence-corrected chi connectivity index (χ4v) is 24.9. The van der Waals surface area contributed by atoms with Gasteiger partial charge in [0.25, 0.3) is 10.8 Å². The minimum Gasteiger partial charge on any atom is -0.0622 e. The quantitative estimate of drug-likeness (QED) is 0.0189. The van der Waals surface area contributed by atoms with Gasteiger partial charge >= 0.3 is 35.2 Å². The molecule has 26 rings (SSSR count). The number of allylic oxidation sites excluding steroid dienone is 4. The van der Waals surface area contributed by atoms with Crippen molar-refractivity contribution in [3.63, 3.8) is 0 Å². The first-order chi connectivity index (χ1) is 68.4. The van der Waals surface area contributed by atoms with E-state index in [2.05, 4.69) is 477 Å². The third-order valence-corrected chi connectivity index (χ3v) is 30.8. The summed E-state index contributed by atoms with van der Waals surface area (Å²) in [5, 5.41) is 39.9. The van der Waals surface area contributed by atoms with Gasteiger partial charge in [0.2, 0.25) is 0 Å². The maximum atomic E-state index is 11.1. The first-order valence-electron chi connectivity index (χ1n) is 46.1. The van der Waals surface area contributed by atoms with Crippen LogP contribution in [0.3, 0.4) is 0 Å². The Morgan fingerprint density at radius 2 is 0.800 bits per heavy atom. The number of benzene rings is 18. The van der Waals surface area contributed by atoms with Crippen LogP contribution >= 0.6 is 123 Å². The standard InChI is InChI=1S/C20H12BrN.C18H15P.C15H13Br.C15H9Br.C14H10BrNO2.C14H11Br.C14H12.C6H5I.CH4.BHNS.HNO3.H2O4S.H2/c21-15-11-14-10-9-13-5-4-8-17-19(13)20(14)18(12-15)22(17)16-6-2-1-3-7-16;1-4-10-16(11-5-1)19(17-12-6-2-7-13-17)18-14-8-3-9-15-18;2*16-13-7-11-5-4-9-2-1-3-10-6-12(8-13)15(11)14(9)10;15-11-6-7-12-10(8-11)5-4-9-2-1-3-13(14(9)12)16(17)18;15-12-7-8-14-11(9-12)6-5-10-3-1-2-4-13(10)14;1-3-7-13-11(5-1)9-10-12-6-2-4-8-14(12)13;7-6-4-2-1-3-5-6;;1-2-3;2-1(3)4;1-5(2,3)4;/h1-12H;1-15H;1-3,7-8,11,15H,4-6H2;1-5,7-8H,6H2;1-3,6-8H,4-5H2;1-4,7-9H,5-6H2;1-8H,9-10H2;1-5H;1H4;3H;(H,2,3,4);(H2,1,2,3,4);1H/i;;;;;;;;;;;;1+1D. The molecule has 0 saturated heterocycles. The van der Waals surface area contributed by atoms with E-state index in [9.17, 15) is 10.1 Å². The van der Waals surface area contributed by atoms with E-state index in [1.165, 1.54) is 192 Å². The maximum Gasteiger partial charge on any atom is -0.0134 e. The van der Waals surface area contributed by atoms with Crippen LogP contribution in [0.1, 0.15) is 83.9 Å². The second kappa shape index (κ2) is 48.3. The molecule has 701 valence electrons. The number of aromatic nitrogens is 1. The van der Waals surface area contributed by atoms with E-state index in [1.54, 1.807) is 34.4 Å². The van der Waals surface area contributed by atoms with Crippen LogP contribution in [-0.2, 0) is 68.2 Å². The Morgan fingerprint density at radius 1 is 0.414 bits per heavy atom. The molecule has 0 fully saturated rings. The summed E-state index contributed by atoms with van der Waals surface area (Å²) in [6, 6.07) is 135. The van der Waals surface area contributed by atoms with Gasteiger partial charge in [0, 0.05) is 57.4 Å². The summed E-state index contributed by atoms with van der Waals surface area (Å²) in [6.45, 7) is 0. The average Bonchev–Trinajstić information content (AvgIpc) is 1.54. The summed E-state index contributed by atoms with van der Waals surface area (Å²) >= 11 is 23.4. The number of nitrogens with zero attached hydrogens (tertiary/aromatic N) is 4. The second-order valence-electron chi connectivity index (χ2n) is 33.8. The van der Waals surface area contributed by atoms with E-state index in [1.807, 2.05) is 36.4 Å². The van der Waals surface area contributed by atoms with Crippen molar-refractivity contribution in [3.05, 3.63) is 507 Å². The molecule has 7 aliphatic rings. The molecule has 23 heteroatoms. The SMILES string of the molecule is BrC1=CC2CCc3cccc4c3C2C(=C1)C4.Brc1cc2c3c(ccc4cccc(c43)C2)c1.Brc1cc2ccc3cccc4c3c2c(c1)n4-c1ccccc1.Brc1ccc2c(c1)CCc1ccccc1-2.C.Ic1ccccc1.O=S(=O)(O)O.O=[N+]([O-])O.O=[N+]([O-])c1cccc2c1-c1ccc(Br)cc1CC2.[2H][2H].[B]=NS.c1ccc(P(c2ccccc2)c2ccccc2)cc1.c1ccc2c(c1)CCc1ccccc1-2. The number of thiol groups is 1. The van der Waals surface area contributed by atoms with Crippen molar-refractivity contribution in [1.82, 2.24) is 4.57 Å². The van der Waals surface area contributed by atoms with Crippen LogP contribution in [-0.4, -0.2) is 44.9 Å². The molecule has 0 spiro atoms. The van der Waals surface area contributed by atoms with Crippen LogP contribution in [0.2, 0.25) is 0 Å². The average molecular weight is 2340 g/mol. The van der Waals surface area contributed by atoms with Gasteiger partial charge < -0.3 is 9.77 Å². The molecule has 19 aromatic rings. The molecule has 13 nitrogen and oxygen atoms in total. The zero-order chi connectivity index (χ0) is 99.2. The molecule has 0 saturated carbocycles. The van der Waals surface area contributed by atoms with Gasteiger partial charge in [0.1, 0.15) is 0 Å². The van der Waals surface area contributed by atoms with E-state index in [-0.39, 0.29) is 18.0 Å². The summed E-state index contributed by atoms with van der Waals surface area (Å²) in [5.41, 5.74) is 28.9. The molecule has 1 heterocycles. The first-order valence-corrected chi connectivity index (χ1v) is 53.2. The number of rotatable bonds is 5. The monoisotopic (exact) mass is 2330 g/mol. The van der Waals surface area contributed by atoms with E-state index in [0.717, 1.165) is 57.2 Å². The fourth-order valence-electron chi connectivity index (χ4n) is 19.8. The Hall–Kier alpha value is -11.5. The van der Waals surface area contributed by atoms with Gasteiger partial charge in [-0.25, -0.2) is 0 Å². The van der Waals surface area contributed by atoms with Gasteiger partial charge in [-0.05, 0) is 323 Å². The Balaban J connectivity index is 0.000000127. The van der Waals surface area contributed by atoms with Crippen LogP contribution in [0.5, 0.6) is 0 Å². The van der Waals surface area contributed by atoms with Crippen molar-refractivity contribution in [2.75, 3.05) is 0 Å². The van der Waals surface area contributed by atoms with Crippen molar-refractivity contribution < 1.29 is 35.7 Å². The Kier molecular flexibility index (Phi) is 35.0. The number of aryl methyl sites for hydroxylation is 7. The van der Waals surface area contributed by atoms with Crippen LogP contribution in [0.25, 0.3) is 93.2 Å². The van der Waals surface area contributed by atoms with E-state index in [4.69, 9.17) is 35.8 Å². The summed E-state index contributed by atoms with van der Waals surface area (Å²) in [6.07, 6.45) is 16.1. The second-order valence-corrected chi connectivity index (χ2v) is 42.9. The van der Waals surface area contributed by atoms with Crippen LogP contribution < -0.4 is 15.9 Å². The van der Waals surface area contributed by atoms with Crippen molar-refractivity contribution in [3.8, 4) is 39.1 Å². The Labute approximate surface area is 882 Å². The zero-order valence-corrected chi connectivity index (χ0v) is 87.7. The van der Waals surface area contributed by atoms with Crippen LogP contribution in [0.4, 0.5) is 5.69 Å². The predicted octanol–water partition coefficient (Wildman–Crippen LogP) is 32.5. The van der Waals surface area contributed by atoms with Crippen LogP contribution in [0.15, 0.2) is 427 Å². The van der Waals surface area contributed by atoms with Crippen molar-refractivity contribution in [1.29, 1.82) is 0 Å².